The van der Waals surface area contributed by atoms with Gasteiger partial charge in [-0.1, -0.05) is 31.1 Å². The predicted molar refractivity (Wildman–Crippen MR) is 118 cm³/mol. The van der Waals surface area contributed by atoms with Crippen LogP contribution in [-0.4, -0.2) is 52.7 Å². The van der Waals surface area contributed by atoms with Crippen molar-refractivity contribution in [2.75, 3.05) is 26.7 Å². The van der Waals surface area contributed by atoms with Crippen LogP contribution in [0.25, 0.3) is 11.4 Å². The standard InChI is InChI=1S/C23H29N5O3/c1-4-28(5-2)20(18-7-6-8-19(15-18)30-3)16-25-21(29)9-10-22-26-23(27-31-22)17-11-13-24-14-12-17/h6-8,11-15,20H,4-5,9-10,16H2,1-3H3,(H,25,29). The van der Waals surface area contributed by atoms with Crippen LogP contribution in [0.1, 0.15) is 37.8 Å². The summed E-state index contributed by atoms with van der Waals surface area (Å²) in [7, 11) is 1.66. The van der Waals surface area contributed by atoms with E-state index in [9.17, 15) is 4.79 Å². The van der Waals surface area contributed by atoms with E-state index < -0.39 is 0 Å². The first-order valence-electron chi connectivity index (χ1n) is 10.5. The molecule has 0 fully saturated rings. The highest BCUT2D eigenvalue weighted by Gasteiger charge is 2.20. The number of methoxy groups -OCH3 is 1. The van der Waals surface area contributed by atoms with Crippen LogP contribution in [0.5, 0.6) is 5.75 Å². The number of benzene rings is 1. The first kappa shape index (κ1) is 22.4. The zero-order valence-corrected chi connectivity index (χ0v) is 18.2. The van der Waals surface area contributed by atoms with Gasteiger partial charge in [0, 0.05) is 37.3 Å². The molecule has 8 nitrogen and oxygen atoms in total. The van der Waals surface area contributed by atoms with Crippen LogP contribution in [0.15, 0.2) is 53.3 Å². The molecule has 0 radical (unpaired) electrons. The molecule has 3 rings (SSSR count). The maximum absolute atomic E-state index is 12.5. The van der Waals surface area contributed by atoms with E-state index in [-0.39, 0.29) is 18.4 Å². The summed E-state index contributed by atoms with van der Waals surface area (Å²) < 4.78 is 10.6. The molecule has 164 valence electrons. The Morgan fingerprint density at radius 1 is 1.19 bits per heavy atom. The highest BCUT2D eigenvalue weighted by molar-refractivity contribution is 5.76. The normalized spacial score (nSPS) is 12.0. The van der Waals surface area contributed by atoms with Crippen molar-refractivity contribution in [2.24, 2.45) is 0 Å². The third-order valence-corrected chi connectivity index (χ3v) is 5.20. The van der Waals surface area contributed by atoms with Crippen molar-refractivity contribution < 1.29 is 14.1 Å². The van der Waals surface area contributed by atoms with Crippen LogP contribution in [0.3, 0.4) is 0 Å². The highest BCUT2D eigenvalue weighted by atomic mass is 16.5. The number of hydrogen-bond acceptors (Lipinski definition) is 7. The minimum absolute atomic E-state index is 0.0521. The molecule has 2 aromatic heterocycles. The molecule has 1 unspecified atom stereocenters. The monoisotopic (exact) mass is 423 g/mol. The van der Waals surface area contributed by atoms with E-state index >= 15 is 0 Å². The van der Waals surface area contributed by atoms with Crippen molar-refractivity contribution in [3.05, 3.63) is 60.2 Å². The van der Waals surface area contributed by atoms with Crippen LogP contribution in [0.2, 0.25) is 0 Å². The number of nitrogens with one attached hydrogen (secondary N) is 1. The van der Waals surface area contributed by atoms with Gasteiger partial charge in [0.25, 0.3) is 0 Å². The van der Waals surface area contributed by atoms with Crippen LogP contribution >= 0.6 is 0 Å². The third-order valence-electron chi connectivity index (χ3n) is 5.20. The Balaban J connectivity index is 1.57. The van der Waals surface area contributed by atoms with Crippen molar-refractivity contribution in [3.8, 4) is 17.1 Å². The number of carbonyl (C=O) groups excluding carboxylic acids is 1. The maximum atomic E-state index is 12.5. The van der Waals surface area contributed by atoms with Gasteiger partial charge in [-0.3, -0.25) is 14.7 Å². The van der Waals surface area contributed by atoms with Gasteiger partial charge >= 0.3 is 0 Å². The second-order valence-electron chi connectivity index (χ2n) is 7.07. The molecule has 0 saturated carbocycles. The van der Waals surface area contributed by atoms with Crippen molar-refractivity contribution in [1.29, 1.82) is 0 Å². The van der Waals surface area contributed by atoms with Gasteiger partial charge in [0.05, 0.1) is 13.2 Å². The molecular weight excluding hydrogens is 394 g/mol. The molecule has 2 heterocycles. The number of ether oxygens (including phenoxy) is 1. The molecule has 31 heavy (non-hydrogen) atoms. The quantitative estimate of drug-likeness (QED) is 0.506. The summed E-state index contributed by atoms with van der Waals surface area (Å²) in [4.78, 5) is 23.2. The van der Waals surface area contributed by atoms with Crippen molar-refractivity contribution in [2.45, 2.75) is 32.7 Å². The molecule has 1 amide bonds. The number of pyridine rings is 1. The summed E-state index contributed by atoms with van der Waals surface area (Å²) in [5, 5.41) is 7.03. The molecule has 1 aromatic carbocycles. The fourth-order valence-electron chi connectivity index (χ4n) is 3.46. The van der Waals surface area contributed by atoms with E-state index in [1.54, 1.807) is 19.5 Å². The largest absolute Gasteiger partial charge is 0.497 e. The molecule has 0 saturated heterocycles. The number of aromatic nitrogens is 3. The average Bonchev–Trinajstić information content (AvgIpc) is 3.30. The molecule has 8 heteroatoms. The predicted octanol–water partition coefficient (Wildman–Crippen LogP) is 3.27. The SMILES string of the molecule is CCN(CC)C(CNC(=O)CCc1nc(-c2ccncc2)no1)c1cccc(OC)c1. The van der Waals surface area contributed by atoms with E-state index in [1.807, 2.05) is 30.3 Å². The lowest BCUT2D eigenvalue weighted by Gasteiger charge is -2.30. The second kappa shape index (κ2) is 11.2. The lowest BCUT2D eigenvalue weighted by molar-refractivity contribution is -0.121. The topological polar surface area (TPSA) is 93.4 Å². The number of rotatable bonds is 11. The maximum Gasteiger partial charge on any atom is 0.227 e. The molecule has 3 aromatic rings. The van der Waals surface area contributed by atoms with Crippen molar-refractivity contribution >= 4 is 5.91 Å². The van der Waals surface area contributed by atoms with Gasteiger partial charge in [0.15, 0.2) is 0 Å². The van der Waals surface area contributed by atoms with Gasteiger partial charge in [-0.25, -0.2) is 0 Å². The Morgan fingerprint density at radius 2 is 1.97 bits per heavy atom. The number of amides is 1. The highest BCUT2D eigenvalue weighted by Crippen LogP contribution is 2.24. The summed E-state index contributed by atoms with van der Waals surface area (Å²) >= 11 is 0. The number of nitrogens with zero attached hydrogens (tertiary/aromatic N) is 4. The van der Waals surface area contributed by atoms with E-state index in [4.69, 9.17) is 9.26 Å². The lowest BCUT2D eigenvalue weighted by Crippen LogP contribution is -2.38. The number of aryl methyl sites for hydroxylation is 1. The smallest absolute Gasteiger partial charge is 0.227 e. The van der Waals surface area contributed by atoms with E-state index in [0.29, 0.717) is 24.7 Å². The van der Waals surface area contributed by atoms with Gasteiger partial charge < -0.3 is 14.6 Å². The molecule has 1 N–H and O–H groups in total. The Bertz CT molecular complexity index is 957. The second-order valence-corrected chi connectivity index (χ2v) is 7.07. The minimum Gasteiger partial charge on any atom is -0.497 e. The van der Waals surface area contributed by atoms with E-state index in [2.05, 4.69) is 45.3 Å². The summed E-state index contributed by atoms with van der Waals surface area (Å²) in [6.45, 7) is 6.52. The fraction of sp³-hybridized carbons (Fsp3) is 0.391. The fourth-order valence-corrected chi connectivity index (χ4v) is 3.46. The Kier molecular flexibility index (Phi) is 8.12. The molecule has 0 aliphatic heterocycles. The zero-order valence-electron chi connectivity index (χ0n) is 18.2. The molecule has 0 aliphatic rings. The van der Waals surface area contributed by atoms with Gasteiger partial charge in [-0.05, 0) is 42.9 Å². The Labute approximate surface area is 182 Å². The van der Waals surface area contributed by atoms with Gasteiger partial charge in [0.1, 0.15) is 5.75 Å². The van der Waals surface area contributed by atoms with Crippen LogP contribution in [0, 0.1) is 0 Å². The van der Waals surface area contributed by atoms with Gasteiger partial charge in [-0.2, -0.15) is 4.98 Å². The van der Waals surface area contributed by atoms with Crippen molar-refractivity contribution in [1.82, 2.24) is 25.3 Å². The first-order valence-corrected chi connectivity index (χ1v) is 10.5. The minimum atomic E-state index is -0.0521. The Morgan fingerprint density at radius 3 is 2.68 bits per heavy atom. The first-order chi connectivity index (χ1) is 15.1. The lowest BCUT2D eigenvalue weighted by atomic mass is 10.0. The van der Waals surface area contributed by atoms with Crippen LogP contribution in [-0.2, 0) is 11.2 Å². The molecule has 0 spiro atoms. The van der Waals surface area contributed by atoms with Crippen LogP contribution in [0.4, 0.5) is 0 Å². The number of hydrogen-bond donors (Lipinski definition) is 1. The third kappa shape index (κ3) is 6.11. The molecular formula is C23H29N5O3. The number of likely N-dealkylation sites (N-methyl/N-ethyl adjacent to an activating group) is 1. The van der Waals surface area contributed by atoms with Crippen molar-refractivity contribution in [3.63, 3.8) is 0 Å². The van der Waals surface area contributed by atoms with E-state index in [1.165, 1.54) is 0 Å². The summed E-state index contributed by atoms with van der Waals surface area (Å²) in [6, 6.07) is 11.7. The van der Waals surface area contributed by atoms with Crippen LogP contribution < -0.4 is 10.1 Å². The van der Waals surface area contributed by atoms with E-state index in [0.717, 1.165) is 30.0 Å². The zero-order chi connectivity index (χ0) is 22.1. The van der Waals surface area contributed by atoms with Gasteiger partial charge in [0.2, 0.25) is 17.6 Å². The summed E-state index contributed by atoms with van der Waals surface area (Å²) in [5.41, 5.74) is 1.94. The molecule has 0 aliphatic carbocycles. The number of carbonyl (C=O) groups is 1. The molecule has 0 bridgehead atoms. The van der Waals surface area contributed by atoms with Gasteiger partial charge in [-0.15, -0.1) is 0 Å². The Hall–Kier alpha value is -3.26. The molecule has 1 atom stereocenters. The average molecular weight is 424 g/mol. The summed E-state index contributed by atoms with van der Waals surface area (Å²) in [5.74, 6) is 1.69. The summed E-state index contributed by atoms with van der Waals surface area (Å²) in [6.07, 6.45) is 4.01.